The summed E-state index contributed by atoms with van der Waals surface area (Å²) in [6, 6.07) is 6.72. The van der Waals surface area contributed by atoms with E-state index in [1.54, 1.807) is 24.3 Å². The highest BCUT2D eigenvalue weighted by Gasteiger charge is 2.20. The second-order valence-electron chi connectivity index (χ2n) is 3.96. The van der Waals surface area contributed by atoms with Crippen LogP contribution in [-0.2, 0) is 6.42 Å². The van der Waals surface area contributed by atoms with Gasteiger partial charge in [0, 0.05) is 6.54 Å². The van der Waals surface area contributed by atoms with E-state index >= 15 is 0 Å². The highest BCUT2D eigenvalue weighted by Crippen LogP contribution is 2.28. The number of phenolic OH excluding ortho intramolecular Hbond substituents is 1. The quantitative estimate of drug-likeness (QED) is 0.499. The van der Waals surface area contributed by atoms with Crippen LogP contribution in [0.4, 0.5) is 11.5 Å². The molecule has 0 bridgehead atoms. The summed E-state index contributed by atoms with van der Waals surface area (Å²) in [5.74, 6) is 0.286. The SMILES string of the molecule is O=[N+]([O-])c1c(Cl)ncnc1NCCc1ccc(O)cc1. The second-order valence-corrected chi connectivity index (χ2v) is 4.32. The molecule has 0 aliphatic heterocycles. The zero-order valence-corrected chi connectivity index (χ0v) is 11.0. The molecule has 1 heterocycles. The number of rotatable bonds is 5. The van der Waals surface area contributed by atoms with Crippen molar-refractivity contribution in [3.63, 3.8) is 0 Å². The molecule has 0 radical (unpaired) electrons. The van der Waals surface area contributed by atoms with E-state index in [0.717, 1.165) is 11.9 Å². The Labute approximate surface area is 119 Å². The molecule has 0 unspecified atom stereocenters. The highest BCUT2D eigenvalue weighted by molar-refractivity contribution is 6.31. The summed E-state index contributed by atoms with van der Waals surface area (Å²) < 4.78 is 0. The minimum absolute atomic E-state index is 0.0915. The lowest BCUT2D eigenvalue weighted by Gasteiger charge is -2.06. The van der Waals surface area contributed by atoms with Gasteiger partial charge in [0.25, 0.3) is 0 Å². The minimum Gasteiger partial charge on any atom is -0.508 e. The van der Waals surface area contributed by atoms with E-state index in [1.807, 2.05) is 0 Å². The van der Waals surface area contributed by atoms with Crippen molar-refractivity contribution in [3.05, 3.63) is 51.4 Å². The molecule has 0 fully saturated rings. The first-order valence-electron chi connectivity index (χ1n) is 5.74. The van der Waals surface area contributed by atoms with Crippen molar-refractivity contribution >= 4 is 23.1 Å². The lowest BCUT2D eigenvalue weighted by Crippen LogP contribution is -2.09. The molecule has 0 aliphatic carbocycles. The van der Waals surface area contributed by atoms with Gasteiger partial charge in [-0.1, -0.05) is 23.7 Å². The first kappa shape index (κ1) is 14.0. The fourth-order valence-corrected chi connectivity index (χ4v) is 1.84. The van der Waals surface area contributed by atoms with E-state index in [2.05, 4.69) is 15.3 Å². The van der Waals surface area contributed by atoms with Crippen LogP contribution < -0.4 is 5.32 Å². The van der Waals surface area contributed by atoms with Crippen molar-refractivity contribution < 1.29 is 10.0 Å². The van der Waals surface area contributed by atoms with Crippen molar-refractivity contribution in [2.24, 2.45) is 0 Å². The fraction of sp³-hybridized carbons (Fsp3) is 0.167. The monoisotopic (exact) mass is 294 g/mol. The summed E-state index contributed by atoms with van der Waals surface area (Å²) in [7, 11) is 0. The molecule has 2 aromatic rings. The van der Waals surface area contributed by atoms with Gasteiger partial charge < -0.3 is 10.4 Å². The van der Waals surface area contributed by atoms with Crippen LogP contribution in [0.25, 0.3) is 0 Å². The second kappa shape index (κ2) is 6.16. The molecule has 20 heavy (non-hydrogen) atoms. The van der Waals surface area contributed by atoms with Crippen molar-refractivity contribution in [3.8, 4) is 5.75 Å². The Morgan fingerprint density at radius 2 is 2.00 bits per heavy atom. The number of nitrogens with one attached hydrogen (secondary N) is 1. The number of phenols is 1. The first-order valence-corrected chi connectivity index (χ1v) is 6.12. The first-order chi connectivity index (χ1) is 9.58. The predicted molar refractivity (Wildman–Crippen MR) is 74.0 cm³/mol. The van der Waals surface area contributed by atoms with Crippen LogP contribution >= 0.6 is 11.6 Å². The molecule has 0 aliphatic rings. The largest absolute Gasteiger partial charge is 0.508 e. The number of halogens is 1. The summed E-state index contributed by atoms with van der Waals surface area (Å²) >= 11 is 5.68. The van der Waals surface area contributed by atoms with Crippen molar-refractivity contribution in [1.29, 1.82) is 0 Å². The van der Waals surface area contributed by atoms with Gasteiger partial charge in [-0.05, 0) is 24.1 Å². The highest BCUT2D eigenvalue weighted by atomic mass is 35.5. The molecule has 1 aromatic heterocycles. The predicted octanol–water partition coefficient (Wildman–Crippen LogP) is 2.40. The third-order valence-electron chi connectivity index (χ3n) is 2.60. The van der Waals surface area contributed by atoms with Crippen LogP contribution in [0.2, 0.25) is 5.15 Å². The molecule has 0 atom stereocenters. The summed E-state index contributed by atoms with van der Waals surface area (Å²) in [4.78, 5) is 17.7. The maximum atomic E-state index is 10.9. The van der Waals surface area contributed by atoms with Gasteiger partial charge in [-0.3, -0.25) is 10.1 Å². The van der Waals surface area contributed by atoms with Crippen LogP contribution in [0, 0.1) is 10.1 Å². The normalized spacial score (nSPS) is 10.2. The summed E-state index contributed by atoms with van der Waals surface area (Å²) in [6.45, 7) is 0.443. The minimum atomic E-state index is -0.620. The Morgan fingerprint density at radius 1 is 1.30 bits per heavy atom. The number of benzene rings is 1. The van der Waals surface area contributed by atoms with E-state index in [-0.39, 0.29) is 22.4 Å². The van der Waals surface area contributed by atoms with Crippen LogP contribution in [0.15, 0.2) is 30.6 Å². The third-order valence-corrected chi connectivity index (χ3v) is 2.88. The number of hydrogen-bond donors (Lipinski definition) is 2. The zero-order chi connectivity index (χ0) is 14.5. The third kappa shape index (κ3) is 3.33. The van der Waals surface area contributed by atoms with E-state index in [0.29, 0.717) is 13.0 Å². The molecule has 2 rings (SSSR count). The molecule has 0 saturated carbocycles. The number of hydrogen-bond acceptors (Lipinski definition) is 6. The fourth-order valence-electron chi connectivity index (χ4n) is 1.64. The lowest BCUT2D eigenvalue weighted by atomic mass is 10.1. The summed E-state index contributed by atoms with van der Waals surface area (Å²) in [5.41, 5.74) is 0.651. The van der Waals surface area contributed by atoms with Gasteiger partial charge >= 0.3 is 5.69 Å². The number of aromatic nitrogens is 2. The molecule has 104 valence electrons. The van der Waals surface area contributed by atoms with Gasteiger partial charge in [0.2, 0.25) is 11.0 Å². The maximum Gasteiger partial charge on any atom is 0.348 e. The molecule has 0 amide bonds. The molecular formula is C12H11ClN4O3. The van der Waals surface area contributed by atoms with Crippen LogP contribution in [0.5, 0.6) is 5.75 Å². The summed E-state index contributed by atoms with van der Waals surface area (Å²) in [6.07, 6.45) is 1.79. The number of nitro groups is 1. The maximum absolute atomic E-state index is 10.9. The Morgan fingerprint density at radius 3 is 2.65 bits per heavy atom. The molecular weight excluding hydrogens is 284 g/mol. The summed E-state index contributed by atoms with van der Waals surface area (Å²) in [5, 5.41) is 22.7. The molecule has 2 N–H and O–H groups in total. The number of aromatic hydroxyl groups is 1. The number of anilines is 1. The molecule has 7 nitrogen and oxygen atoms in total. The van der Waals surface area contributed by atoms with Crippen LogP contribution in [0.1, 0.15) is 5.56 Å². The van der Waals surface area contributed by atoms with Gasteiger partial charge in [0.1, 0.15) is 12.1 Å². The van der Waals surface area contributed by atoms with Crippen molar-refractivity contribution in [2.45, 2.75) is 6.42 Å². The van der Waals surface area contributed by atoms with Gasteiger partial charge in [0.15, 0.2) is 0 Å². The molecule has 0 spiro atoms. The smallest absolute Gasteiger partial charge is 0.348 e. The van der Waals surface area contributed by atoms with Gasteiger partial charge in [-0.15, -0.1) is 0 Å². The van der Waals surface area contributed by atoms with E-state index in [9.17, 15) is 10.1 Å². The Kier molecular flexibility index (Phi) is 4.31. The number of nitrogens with zero attached hydrogens (tertiary/aromatic N) is 3. The van der Waals surface area contributed by atoms with E-state index in [1.165, 1.54) is 0 Å². The molecule has 8 heteroatoms. The van der Waals surface area contributed by atoms with E-state index < -0.39 is 4.92 Å². The van der Waals surface area contributed by atoms with Crippen molar-refractivity contribution in [1.82, 2.24) is 9.97 Å². The molecule has 0 saturated heterocycles. The lowest BCUT2D eigenvalue weighted by molar-refractivity contribution is -0.384. The standard InChI is InChI=1S/C12H11ClN4O3/c13-11-10(17(19)20)12(16-7-15-11)14-6-5-8-1-3-9(18)4-2-8/h1-4,7,18H,5-6H2,(H,14,15,16). The zero-order valence-electron chi connectivity index (χ0n) is 10.3. The Balaban J connectivity index is 2.02. The Hall–Kier alpha value is -2.41. The van der Waals surface area contributed by atoms with E-state index in [4.69, 9.17) is 16.7 Å². The topological polar surface area (TPSA) is 101 Å². The van der Waals surface area contributed by atoms with Crippen LogP contribution in [-0.4, -0.2) is 26.5 Å². The molecule has 1 aromatic carbocycles. The van der Waals surface area contributed by atoms with Gasteiger partial charge in [-0.2, -0.15) is 0 Å². The van der Waals surface area contributed by atoms with Gasteiger partial charge in [0.05, 0.1) is 4.92 Å². The average molecular weight is 295 g/mol. The van der Waals surface area contributed by atoms with Crippen molar-refractivity contribution in [2.75, 3.05) is 11.9 Å². The van der Waals surface area contributed by atoms with Gasteiger partial charge in [-0.25, -0.2) is 9.97 Å². The van der Waals surface area contributed by atoms with Crippen LogP contribution in [0.3, 0.4) is 0 Å². The average Bonchev–Trinajstić information content (AvgIpc) is 2.40. The Bertz CT molecular complexity index is 619.